The number of hydrogen-bond acceptors (Lipinski definition) is 3. The van der Waals surface area contributed by atoms with Gasteiger partial charge in [-0.1, -0.05) is 66.4 Å². The third kappa shape index (κ3) is 4.40. The molecule has 4 aromatic rings. The number of thioether (sulfide) groups is 1. The third-order valence-electron chi connectivity index (χ3n) is 4.97. The van der Waals surface area contributed by atoms with Crippen molar-refractivity contribution in [3.63, 3.8) is 0 Å². The number of aryl methyl sites for hydroxylation is 2. The van der Waals surface area contributed by atoms with Gasteiger partial charge in [0.1, 0.15) is 11.6 Å². The highest BCUT2D eigenvalue weighted by Gasteiger charge is 2.16. The lowest BCUT2D eigenvalue weighted by Gasteiger charge is -2.12. The van der Waals surface area contributed by atoms with E-state index in [9.17, 15) is 4.39 Å². The molecule has 3 nitrogen and oxygen atoms in total. The number of benzene rings is 3. The van der Waals surface area contributed by atoms with Crippen molar-refractivity contribution in [2.24, 2.45) is 0 Å². The zero-order valence-electron chi connectivity index (χ0n) is 16.5. The topological polar surface area (TPSA) is 30.7 Å². The van der Waals surface area contributed by atoms with Crippen molar-refractivity contribution in [1.29, 1.82) is 0 Å². The van der Waals surface area contributed by atoms with Gasteiger partial charge in [0.05, 0.1) is 0 Å². The highest BCUT2D eigenvalue weighted by Crippen LogP contribution is 2.28. The van der Waals surface area contributed by atoms with E-state index >= 15 is 0 Å². The molecule has 0 fully saturated rings. The molecule has 0 aliphatic heterocycles. The largest absolute Gasteiger partial charge is 0.274 e. The monoisotopic (exact) mass is 403 g/mol. The van der Waals surface area contributed by atoms with Crippen LogP contribution in [0.4, 0.5) is 4.39 Å². The van der Waals surface area contributed by atoms with Crippen LogP contribution in [-0.4, -0.2) is 14.8 Å². The Kier molecular flexibility index (Phi) is 5.76. The summed E-state index contributed by atoms with van der Waals surface area (Å²) in [6.45, 7) is 4.20. The molecule has 0 bridgehead atoms. The summed E-state index contributed by atoms with van der Waals surface area (Å²) in [5, 5.41) is 9.68. The van der Waals surface area contributed by atoms with Crippen molar-refractivity contribution in [3.05, 3.63) is 107 Å². The summed E-state index contributed by atoms with van der Waals surface area (Å²) in [6.07, 6.45) is 0.682. The normalized spacial score (nSPS) is 11.0. The molecule has 0 N–H and O–H groups in total. The van der Waals surface area contributed by atoms with Crippen molar-refractivity contribution in [2.75, 3.05) is 0 Å². The molecule has 29 heavy (non-hydrogen) atoms. The highest BCUT2D eigenvalue weighted by molar-refractivity contribution is 7.98. The van der Waals surface area contributed by atoms with E-state index < -0.39 is 0 Å². The SMILES string of the molecule is Cc1ccc(-n2c(Cc3ccccc3)nnc2SCc2ccccc2F)cc1C. The number of hydrogen-bond donors (Lipinski definition) is 0. The van der Waals surface area contributed by atoms with E-state index in [1.54, 1.807) is 6.07 Å². The van der Waals surface area contributed by atoms with Crippen LogP contribution in [0.25, 0.3) is 5.69 Å². The first-order valence-electron chi connectivity index (χ1n) is 9.54. The Morgan fingerprint density at radius 2 is 1.62 bits per heavy atom. The average molecular weight is 404 g/mol. The molecule has 0 saturated carbocycles. The number of rotatable bonds is 6. The molecule has 1 aromatic heterocycles. The fraction of sp³-hybridized carbons (Fsp3) is 0.167. The second kappa shape index (κ2) is 8.62. The van der Waals surface area contributed by atoms with Crippen LogP contribution >= 0.6 is 11.8 Å². The summed E-state index contributed by atoms with van der Waals surface area (Å²) < 4.78 is 16.1. The van der Waals surface area contributed by atoms with Gasteiger partial charge in [-0.15, -0.1) is 10.2 Å². The summed E-state index contributed by atoms with van der Waals surface area (Å²) >= 11 is 1.50. The molecule has 0 atom stereocenters. The smallest absolute Gasteiger partial charge is 0.196 e. The predicted molar refractivity (Wildman–Crippen MR) is 116 cm³/mol. The minimum atomic E-state index is -0.193. The van der Waals surface area contributed by atoms with Crippen molar-refractivity contribution in [2.45, 2.75) is 31.2 Å². The Morgan fingerprint density at radius 1 is 0.862 bits per heavy atom. The van der Waals surface area contributed by atoms with Gasteiger partial charge in [-0.25, -0.2) is 4.39 Å². The molecule has 0 radical (unpaired) electrons. The van der Waals surface area contributed by atoms with E-state index in [1.807, 2.05) is 30.3 Å². The summed E-state index contributed by atoms with van der Waals surface area (Å²) in [7, 11) is 0. The minimum absolute atomic E-state index is 0.193. The predicted octanol–water partition coefficient (Wildman–Crippen LogP) is 5.91. The second-order valence-corrected chi connectivity index (χ2v) is 7.99. The standard InChI is InChI=1S/C24H22FN3S/c1-17-12-13-21(14-18(17)2)28-23(15-19-8-4-3-5-9-19)26-27-24(28)29-16-20-10-6-7-11-22(20)25/h3-14H,15-16H2,1-2H3. The van der Waals surface area contributed by atoms with Crippen LogP contribution in [0.3, 0.4) is 0 Å². The van der Waals surface area contributed by atoms with Crippen LogP contribution in [0.5, 0.6) is 0 Å². The molecule has 0 aliphatic carbocycles. The molecule has 5 heteroatoms. The maximum Gasteiger partial charge on any atom is 0.196 e. The first-order chi connectivity index (χ1) is 14.1. The van der Waals surface area contributed by atoms with Crippen LogP contribution in [-0.2, 0) is 12.2 Å². The molecule has 146 valence electrons. The van der Waals surface area contributed by atoms with Gasteiger partial charge in [0.2, 0.25) is 0 Å². The fourth-order valence-electron chi connectivity index (χ4n) is 3.17. The minimum Gasteiger partial charge on any atom is -0.274 e. The molecule has 0 amide bonds. The summed E-state index contributed by atoms with van der Waals surface area (Å²) in [6, 6.07) is 23.5. The molecular formula is C24H22FN3S. The van der Waals surface area contributed by atoms with Gasteiger partial charge in [-0.2, -0.15) is 0 Å². The molecule has 0 spiro atoms. The van der Waals surface area contributed by atoms with Gasteiger partial charge in [-0.05, 0) is 54.3 Å². The number of nitrogens with zero attached hydrogens (tertiary/aromatic N) is 3. The van der Waals surface area contributed by atoms with E-state index in [-0.39, 0.29) is 5.82 Å². The van der Waals surface area contributed by atoms with Crippen molar-refractivity contribution < 1.29 is 4.39 Å². The van der Waals surface area contributed by atoms with E-state index in [2.05, 4.69) is 58.9 Å². The van der Waals surface area contributed by atoms with Gasteiger partial charge < -0.3 is 0 Å². The molecule has 0 unspecified atom stereocenters. The Morgan fingerprint density at radius 3 is 2.38 bits per heavy atom. The van der Waals surface area contributed by atoms with Gasteiger partial charge >= 0.3 is 0 Å². The van der Waals surface area contributed by atoms with E-state index in [0.29, 0.717) is 17.7 Å². The van der Waals surface area contributed by atoms with Crippen molar-refractivity contribution >= 4 is 11.8 Å². The van der Waals surface area contributed by atoms with E-state index in [4.69, 9.17) is 0 Å². The van der Waals surface area contributed by atoms with Crippen LogP contribution in [0.15, 0.2) is 78.0 Å². The highest BCUT2D eigenvalue weighted by atomic mass is 32.2. The lowest BCUT2D eigenvalue weighted by atomic mass is 10.1. The Bertz CT molecular complexity index is 1120. The maximum atomic E-state index is 14.0. The maximum absolute atomic E-state index is 14.0. The first-order valence-corrected chi connectivity index (χ1v) is 10.5. The Balaban J connectivity index is 1.70. The lowest BCUT2D eigenvalue weighted by molar-refractivity contribution is 0.617. The van der Waals surface area contributed by atoms with Gasteiger partial charge in [0, 0.05) is 17.9 Å². The molecule has 4 rings (SSSR count). The van der Waals surface area contributed by atoms with Crippen LogP contribution < -0.4 is 0 Å². The summed E-state index contributed by atoms with van der Waals surface area (Å²) in [4.78, 5) is 0. The van der Waals surface area contributed by atoms with Gasteiger partial charge in [0.25, 0.3) is 0 Å². The molecule has 0 saturated heterocycles. The Labute approximate surface area is 174 Å². The number of halogens is 1. The summed E-state index contributed by atoms with van der Waals surface area (Å²) in [5.74, 6) is 1.18. The Hall–Kier alpha value is -2.92. The second-order valence-electron chi connectivity index (χ2n) is 7.05. The zero-order chi connectivity index (χ0) is 20.2. The zero-order valence-corrected chi connectivity index (χ0v) is 17.3. The first kappa shape index (κ1) is 19.4. The van der Waals surface area contributed by atoms with Crippen LogP contribution in [0.2, 0.25) is 0 Å². The average Bonchev–Trinajstić information content (AvgIpc) is 3.12. The molecule has 0 aliphatic rings. The van der Waals surface area contributed by atoms with Crippen LogP contribution in [0, 0.1) is 19.7 Å². The van der Waals surface area contributed by atoms with E-state index in [1.165, 1.54) is 34.5 Å². The molecular weight excluding hydrogens is 381 g/mol. The summed E-state index contributed by atoms with van der Waals surface area (Å²) in [5.41, 5.74) is 5.33. The van der Waals surface area contributed by atoms with E-state index in [0.717, 1.165) is 16.7 Å². The van der Waals surface area contributed by atoms with Crippen molar-refractivity contribution in [1.82, 2.24) is 14.8 Å². The van der Waals surface area contributed by atoms with Gasteiger partial charge in [0.15, 0.2) is 5.16 Å². The fourth-order valence-corrected chi connectivity index (χ4v) is 4.13. The molecule has 3 aromatic carbocycles. The third-order valence-corrected chi connectivity index (χ3v) is 5.95. The van der Waals surface area contributed by atoms with Crippen molar-refractivity contribution in [3.8, 4) is 5.69 Å². The van der Waals surface area contributed by atoms with Gasteiger partial charge in [-0.3, -0.25) is 4.57 Å². The van der Waals surface area contributed by atoms with Crippen LogP contribution in [0.1, 0.15) is 28.1 Å². The lowest BCUT2D eigenvalue weighted by Crippen LogP contribution is -2.04. The number of aromatic nitrogens is 3. The molecule has 1 heterocycles. The quantitative estimate of drug-likeness (QED) is 0.375.